The van der Waals surface area contributed by atoms with E-state index in [9.17, 15) is 0 Å². The Kier molecular flexibility index (Phi) is 2.14. The summed E-state index contributed by atoms with van der Waals surface area (Å²) in [7, 11) is 0. The van der Waals surface area contributed by atoms with Crippen LogP contribution in [0, 0.1) is 20.6 Å². The fourth-order valence-electron chi connectivity index (χ4n) is 4.31. The van der Waals surface area contributed by atoms with Crippen LogP contribution in [0.25, 0.3) is 54.7 Å². The molecule has 0 spiro atoms. The van der Waals surface area contributed by atoms with Gasteiger partial charge in [0.05, 0.1) is 5.52 Å². The largest absolute Gasteiger partial charge is 0.455 e. The number of hydrogen-bond acceptors (Lipinski definition) is 2. The van der Waals surface area contributed by atoms with Gasteiger partial charge in [-0.2, -0.15) is 0 Å². The predicted octanol–water partition coefficient (Wildman–Crippen LogP) is 7.88. The van der Waals surface area contributed by atoms with Crippen LogP contribution in [0.15, 0.2) is 77.3 Å². The summed E-state index contributed by atoms with van der Waals surface area (Å²) in [5.41, 5.74) is 0.303. The molecule has 0 saturated carbocycles. The second kappa shape index (κ2) is 6.17. The van der Waals surface area contributed by atoms with Crippen molar-refractivity contribution in [2.45, 2.75) is 20.6 Å². The van der Waals surface area contributed by atoms with Crippen molar-refractivity contribution < 1.29 is 16.8 Å². The molecule has 0 unspecified atom stereocenters. The van der Waals surface area contributed by atoms with Crippen LogP contribution in [-0.2, 0) is 0 Å². The molecule has 144 valence electrons. The Bertz CT molecular complexity index is 1910. The van der Waals surface area contributed by atoms with Crippen LogP contribution in [0.2, 0.25) is 0 Å². The predicted molar refractivity (Wildman–Crippen MR) is 126 cm³/mol. The van der Waals surface area contributed by atoms with Crippen LogP contribution in [0.5, 0.6) is 0 Å². The van der Waals surface area contributed by atoms with Gasteiger partial charge in [0.1, 0.15) is 11.3 Å². The second-order valence-corrected chi connectivity index (χ2v) is 7.35. The Morgan fingerprint density at radius 1 is 0.700 bits per heavy atom. The van der Waals surface area contributed by atoms with Crippen LogP contribution < -0.4 is 0 Å². The highest BCUT2D eigenvalue weighted by Gasteiger charge is 2.19. The number of fused-ring (bicyclic) bond motifs is 8. The molecule has 0 saturated heterocycles. The molecule has 30 heavy (non-hydrogen) atoms. The summed E-state index contributed by atoms with van der Waals surface area (Å²) in [5.74, 6) is 0.148. The lowest BCUT2D eigenvalue weighted by Gasteiger charge is -2.13. The molecule has 0 aliphatic carbocycles. The molecule has 6 aromatic rings. The zero-order chi connectivity index (χ0) is 27.9. The van der Waals surface area contributed by atoms with Gasteiger partial charge in [-0.1, -0.05) is 66.7 Å². The van der Waals surface area contributed by atoms with Crippen LogP contribution in [0.4, 0.5) is 0 Å². The lowest BCUT2D eigenvalue weighted by Crippen LogP contribution is -1.92. The molecule has 0 aliphatic heterocycles. The van der Waals surface area contributed by atoms with Gasteiger partial charge in [0.15, 0.2) is 0 Å². The number of nitrogens with zero attached hydrogens (tertiary/aromatic N) is 1. The van der Waals surface area contributed by atoms with E-state index in [1.54, 1.807) is 54.6 Å². The fraction of sp³-hybridized carbons (Fsp3) is 0.107. The Hall–Kier alpha value is -3.65. The molecule has 0 atom stereocenters. The molecule has 0 N–H and O–H groups in total. The van der Waals surface area contributed by atoms with Gasteiger partial charge in [-0.25, -0.2) is 0 Å². The number of rotatable bonds is 1. The molecular weight excluding hydrogens is 366 g/mol. The van der Waals surface area contributed by atoms with Crippen molar-refractivity contribution in [3.05, 3.63) is 89.6 Å². The molecule has 0 radical (unpaired) electrons. The highest BCUT2D eigenvalue weighted by Crippen LogP contribution is 2.43. The quantitative estimate of drug-likeness (QED) is 0.264. The summed E-state index contributed by atoms with van der Waals surface area (Å²) in [4.78, 5) is 4.48. The van der Waals surface area contributed by atoms with Crippen molar-refractivity contribution in [2.24, 2.45) is 0 Å². The van der Waals surface area contributed by atoms with Crippen molar-refractivity contribution >= 4 is 43.4 Å². The average Bonchev–Trinajstić information content (AvgIpc) is 3.28. The van der Waals surface area contributed by atoms with Gasteiger partial charge in [-0.05, 0) is 42.5 Å². The normalized spacial score (nSPS) is 17.5. The smallest absolute Gasteiger partial charge is 0.143 e. The van der Waals surface area contributed by atoms with E-state index in [2.05, 4.69) is 4.98 Å². The van der Waals surface area contributed by atoms with Crippen molar-refractivity contribution in [2.75, 3.05) is 0 Å². The standard InChI is InChI=1S/C28H21NO/c1-16-15-29-26-23-12-8-7-11-21(23)22-14-13-20-18(3)27(19-9-5-4-6-10-19)30-28(20)25(22)24(26)17(16)2/h4-15H,1-3H3/i1D3,2D3,3D3. The lowest BCUT2D eigenvalue weighted by molar-refractivity contribution is 0.632. The highest BCUT2D eigenvalue weighted by molar-refractivity contribution is 6.30. The Morgan fingerprint density at radius 3 is 2.27 bits per heavy atom. The minimum Gasteiger partial charge on any atom is -0.455 e. The van der Waals surface area contributed by atoms with Crippen molar-refractivity contribution in [3.63, 3.8) is 0 Å². The van der Waals surface area contributed by atoms with E-state index in [0.29, 0.717) is 32.6 Å². The summed E-state index contributed by atoms with van der Waals surface area (Å²) in [6, 6.07) is 19.5. The number of hydrogen-bond donors (Lipinski definition) is 0. The first kappa shape index (κ1) is 10.4. The molecule has 4 aromatic carbocycles. The molecule has 2 nitrogen and oxygen atoms in total. The number of aryl methyl sites for hydroxylation is 3. The van der Waals surface area contributed by atoms with Gasteiger partial charge < -0.3 is 4.42 Å². The van der Waals surface area contributed by atoms with Crippen molar-refractivity contribution in [1.29, 1.82) is 0 Å². The molecule has 0 amide bonds. The van der Waals surface area contributed by atoms with Crippen molar-refractivity contribution in [1.82, 2.24) is 4.98 Å². The van der Waals surface area contributed by atoms with Crippen molar-refractivity contribution in [3.8, 4) is 11.3 Å². The third kappa shape index (κ3) is 2.22. The zero-order valence-electron chi connectivity index (χ0n) is 24.8. The Labute approximate surface area is 187 Å². The van der Waals surface area contributed by atoms with Gasteiger partial charge in [-0.15, -0.1) is 0 Å². The van der Waals surface area contributed by atoms with E-state index in [0.717, 1.165) is 11.6 Å². The van der Waals surface area contributed by atoms with Gasteiger partial charge in [0.2, 0.25) is 0 Å². The molecule has 0 aliphatic rings. The van der Waals surface area contributed by atoms with E-state index >= 15 is 0 Å². The third-order valence-electron chi connectivity index (χ3n) is 5.70. The number of benzene rings is 4. The SMILES string of the molecule is [2H]C([2H])([2H])c1cnc2c3ccccc3c3ccc4c(C([2H])([2H])[2H])c(-c5ccccc5)oc4c3c2c1C([2H])([2H])[2H]. The molecule has 2 aromatic heterocycles. The molecule has 0 fully saturated rings. The van der Waals surface area contributed by atoms with Gasteiger partial charge in [0.25, 0.3) is 0 Å². The maximum Gasteiger partial charge on any atom is 0.143 e. The van der Waals surface area contributed by atoms with E-state index in [1.807, 2.05) is 12.1 Å². The second-order valence-electron chi connectivity index (χ2n) is 7.35. The molecule has 2 heteroatoms. The molecular formula is C28H21NO. The van der Waals surface area contributed by atoms with E-state index in [1.165, 1.54) is 0 Å². The maximum atomic E-state index is 8.38. The molecule has 2 heterocycles. The molecule has 0 bridgehead atoms. The Balaban J connectivity index is 1.96. The van der Waals surface area contributed by atoms with E-state index < -0.39 is 20.6 Å². The molecule has 6 rings (SSSR count). The first-order valence-electron chi connectivity index (χ1n) is 14.1. The van der Waals surface area contributed by atoms with Crippen LogP contribution in [0.3, 0.4) is 0 Å². The third-order valence-corrected chi connectivity index (χ3v) is 5.70. The summed E-state index contributed by atoms with van der Waals surface area (Å²) < 4.78 is 80.7. The minimum absolute atomic E-state index is 0.00211. The van der Waals surface area contributed by atoms with Gasteiger partial charge >= 0.3 is 0 Å². The lowest BCUT2D eigenvalue weighted by atomic mass is 9.92. The summed E-state index contributed by atoms with van der Waals surface area (Å²) in [6.45, 7) is -8.12. The Morgan fingerprint density at radius 2 is 1.47 bits per heavy atom. The zero-order valence-corrected chi connectivity index (χ0v) is 15.8. The monoisotopic (exact) mass is 396 g/mol. The minimum atomic E-state index is -2.82. The van der Waals surface area contributed by atoms with Gasteiger partial charge in [0, 0.05) is 51.2 Å². The maximum absolute atomic E-state index is 8.38. The topological polar surface area (TPSA) is 26.0 Å². The number of furan rings is 1. The number of pyridine rings is 1. The highest BCUT2D eigenvalue weighted by atomic mass is 16.3. The van der Waals surface area contributed by atoms with Crippen LogP contribution in [-0.4, -0.2) is 4.98 Å². The van der Waals surface area contributed by atoms with E-state index in [4.69, 9.17) is 16.8 Å². The number of aromatic nitrogens is 1. The summed E-state index contributed by atoms with van der Waals surface area (Å²) >= 11 is 0. The van der Waals surface area contributed by atoms with Gasteiger partial charge in [-0.3, -0.25) is 4.98 Å². The van der Waals surface area contributed by atoms with Crippen LogP contribution in [0.1, 0.15) is 29.0 Å². The summed E-state index contributed by atoms with van der Waals surface area (Å²) in [5, 5.41) is 2.74. The summed E-state index contributed by atoms with van der Waals surface area (Å²) in [6.07, 6.45) is 1.11. The van der Waals surface area contributed by atoms with Crippen LogP contribution >= 0.6 is 0 Å². The fourth-order valence-corrected chi connectivity index (χ4v) is 4.31. The average molecular weight is 397 g/mol. The van der Waals surface area contributed by atoms with E-state index in [-0.39, 0.29) is 33.4 Å². The first-order chi connectivity index (χ1) is 18.3. The first-order valence-corrected chi connectivity index (χ1v) is 9.58.